The molecule has 0 aliphatic carbocycles. The van der Waals surface area contributed by atoms with Crippen LogP contribution in [0.4, 0.5) is 0 Å². The van der Waals surface area contributed by atoms with Gasteiger partial charge in [-0.3, -0.25) is 4.21 Å². The average Bonchev–Trinajstić information content (AvgIpc) is 2.27. The van der Waals surface area contributed by atoms with Crippen molar-refractivity contribution >= 4 is 19.1 Å². The smallest absolute Gasteiger partial charge is 0.497 e. The summed E-state index contributed by atoms with van der Waals surface area (Å²) in [6.07, 6.45) is 0. The fourth-order valence-corrected chi connectivity index (χ4v) is 2.53. The van der Waals surface area contributed by atoms with Gasteiger partial charge in [-0.1, -0.05) is 12.1 Å². The maximum absolute atomic E-state index is 11.4. The molecule has 2 atom stereocenters. The van der Waals surface area contributed by atoms with E-state index in [0.29, 0.717) is 0 Å². The van der Waals surface area contributed by atoms with Gasteiger partial charge in [-0.05, 0) is 17.7 Å². The lowest BCUT2D eigenvalue weighted by molar-refractivity contribution is 0.327. The van der Waals surface area contributed by atoms with E-state index in [1.807, 2.05) is 0 Å². The molecule has 5 nitrogen and oxygen atoms in total. The standard InChI is InChI=1S/C9H11O5PS/c1-13-9-4-2-8(3-5-9)6-16(12)7-14-15(10)11/h2-5H,6-7H2,1H3/p+1/t16-/m0/s1. The molecule has 1 aromatic carbocycles. The number of methoxy groups -OCH3 is 1. The molecule has 0 aliphatic heterocycles. The SMILES string of the molecule is COc1ccc(C[S@](=O)CO[P+](=O)O)cc1. The second-order valence-electron chi connectivity index (χ2n) is 2.92. The summed E-state index contributed by atoms with van der Waals surface area (Å²) in [5.74, 6) is 0.773. The molecule has 0 heterocycles. The summed E-state index contributed by atoms with van der Waals surface area (Å²) in [7, 11) is -2.42. The third-order valence-electron chi connectivity index (χ3n) is 1.78. The lowest BCUT2D eigenvalue weighted by atomic mass is 10.2. The van der Waals surface area contributed by atoms with E-state index >= 15 is 0 Å². The topological polar surface area (TPSA) is 72.8 Å². The van der Waals surface area contributed by atoms with Crippen LogP contribution < -0.4 is 4.74 Å². The van der Waals surface area contributed by atoms with E-state index in [1.54, 1.807) is 31.4 Å². The number of hydrogen-bond donors (Lipinski definition) is 1. The maximum Gasteiger partial charge on any atom is 0.695 e. The fourth-order valence-electron chi connectivity index (χ4n) is 1.05. The van der Waals surface area contributed by atoms with Crippen LogP contribution in [-0.2, 0) is 25.6 Å². The highest BCUT2D eigenvalue weighted by Gasteiger charge is 2.14. The van der Waals surface area contributed by atoms with Gasteiger partial charge in [0.05, 0.1) is 23.7 Å². The Morgan fingerprint density at radius 1 is 1.38 bits per heavy atom. The molecule has 0 saturated heterocycles. The van der Waals surface area contributed by atoms with Crippen LogP contribution in [-0.4, -0.2) is 22.2 Å². The first-order valence-electron chi connectivity index (χ1n) is 4.39. The molecule has 7 heteroatoms. The molecule has 1 unspecified atom stereocenters. The predicted molar refractivity (Wildman–Crippen MR) is 60.6 cm³/mol. The summed E-state index contributed by atoms with van der Waals surface area (Å²) in [5, 5.41) is 0. The van der Waals surface area contributed by atoms with Crippen LogP contribution in [0.2, 0.25) is 0 Å². The van der Waals surface area contributed by atoms with Gasteiger partial charge in [0.25, 0.3) is 0 Å². The van der Waals surface area contributed by atoms with Gasteiger partial charge in [-0.15, -0.1) is 9.42 Å². The summed E-state index contributed by atoms with van der Waals surface area (Å²) in [4.78, 5) is 8.37. The minimum atomic E-state index is -2.68. The van der Waals surface area contributed by atoms with Gasteiger partial charge in [0.2, 0.25) is 0 Å². The molecule has 88 valence electrons. The fraction of sp³-hybridized carbons (Fsp3) is 0.333. The first-order chi connectivity index (χ1) is 7.61. The highest BCUT2D eigenvalue weighted by molar-refractivity contribution is 7.84. The van der Waals surface area contributed by atoms with E-state index < -0.39 is 19.1 Å². The van der Waals surface area contributed by atoms with Gasteiger partial charge in [-0.2, -0.15) is 0 Å². The zero-order chi connectivity index (χ0) is 12.0. The molecule has 1 N–H and O–H groups in total. The van der Waals surface area contributed by atoms with Crippen LogP contribution in [0.5, 0.6) is 5.75 Å². The lowest BCUT2D eigenvalue weighted by Crippen LogP contribution is -2.01. The Kier molecular flexibility index (Phi) is 5.55. The van der Waals surface area contributed by atoms with E-state index in [4.69, 9.17) is 9.63 Å². The zero-order valence-corrected chi connectivity index (χ0v) is 10.4. The lowest BCUT2D eigenvalue weighted by Gasteiger charge is -2.01. The van der Waals surface area contributed by atoms with Crippen molar-refractivity contribution in [2.24, 2.45) is 0 Å². The molecule has 0 aromatic heterocycles. The highest BCUT2D eigenvalue weighted by atomic mass is 32.2. The Morgan fingerprint density at radius 2 is 2.00 bits per heavy atom. The summed E-state index contributed by atoms with van der Waals surface area (Å²) in [5.41, 5.74) is 0.857. The molecule has 0 fully saturated rings. The third-order valence-corrected chi connectivity index (χ3v) is 3.34. The third kappa shape index (κ3) is 4.81. The molecule has 0 spiro atoms. The molecule has 0 bridgehead atoms. The van der Waals surface area contributed by atoms with Crippen LogP contribution >= 0.6 is 8.25 Å². The first-order valence-corrected chi connectivity index (χ1v) is 7.00. The van der Waals surface area contributed by atoms with Gasteiger partial charge in [0.1, 0.15) is 5.75 Å². The second kappa shape index (κ2) is 6.70. The van der Waals surface area contributed by atoms with Crippen LogP contribution in [0.3, 0.4) is 0 Å². The van der Waals surface area contributed by atoms with Crippen molar-refractivity contribution < 1.29 is 22.9 Å². The van der Waals surface area contributed by atoms with Crippen LogP contribution in [0.25, 0.3) is 0 Å². The first kappa shape index (κ1) is 13.3. The van der Waals surface area contributed by atoms with E-state index in [0.717, 1.165) is 11.3 Å². The van der Waals surface area contributed by atoms with Crippen LogP contribution in [0, 0.1) is 0 Å². The zero-order valence-electron chi connectivity index (χ0n) is 8.66. The largest absolute Gasteiger partial charge is 0.695 e. The van der Waals surface area contributed by atoms with Crippen molar-refractivity contribution in [2.75, 3.05) is 13.0 Å². The Labute approximate surface area is 96.8 Å². The molecule has 1 rings (SSSR count). The Morgan fingerprint density at radius 3 is 2.50 bits per heavy atom. The Bertz CT molecular complexity index is 378. The predicted octanol–water partition coefficient (Wildman–Crippen LogP) is 1.57. The molecule has 0 saturated carbocycles. The molecular formula is C9H12O5PS+. The van der Waals surface area contributed by atoms with E-state index in [-0.39, 0.29) is 11.7 Å². The molecule has 0 amide bonds. The summed E-state index contributed by atoms with van der Waals surface area (Å²) >= 11 is 0. The van der Waals surface area contributed by atoms with E-state index in [1.165, 1.54) is 0 Å². The van der Waals surface area contributed by atoms with Crippen molar-refractivity contribution in [2.45, 2.75) is 5.75 Å². The Balaban J connectivity index is 2.46. The summed E-state index contributed by atoms with van der Waals surface area (Å²) in [6.45, 7) is 0. The quantitative estimate of drug-likeness (QED) is 0.788. The maximum atomic E-state index is 11.4. The molecule has 16 heavy (non-hydrogen) atoms. The summed E-state index contributed by atoms with van der Waals surface area (Å²) < 4.78 is 30.9. The van der Waals surface area contributed by atoms with Crippen molar-refractivity contribution in [3.05, 3.63) is 29.8 Å². The minimum absolute atomic E-state index is 0.238. The number of benzene rings is 1. The summed E-state index contributed by atoms with van der Waals surface area (Å²) in [6, 6.07) is 7.10. The molecule has 0 radical (unpaired) electrons. The van der Waals surface area contributed by atoms with Crippen LogP contribution in [0.15, 0.2) is 24.3 Å². The Hall–Kier alpha value is -0.810. The van der Waals surface area contributed by atoms with Crippen molar-refractivity contribution in [3.8, 4) is 5.75 Å². The van der Waals surface area contributed by atoms with Crippen molar-refractivity contribution in [1.29, 1.82) is 0 Å². The van der Waals surface area contributed by atoms with Crippen molar-refractivity contribution in [3.63, 3.8) is 0 Å². The van der Waals surface area contributed by atoms with Crippen LogP contribution in [0.1, 0.15) is 5.56 Å². The monoisotopic (exact) mass is 263 g/mol. The van der Waals surface area contributed by atoms with Gasteiger partial charge in [0, 0.05) is 4.57 Å². The minimum Gasteiger partial charge on any atom is -0.497 e. The van der Waals surface area contributed by atoms with E-state index in [2.05, 4.69) is 4.52 Å². The number of rotatable bonds is 6. The second-order valence-corrected chi connectivity index (χ2v) is 5.05. The van der Waals surface area contributed by atoms with E-state index in [9.17, 15) is 8.77 Å². The van der Waals surface area contributed by atoms with Gasteiger partial charge < -0.3 is 4.74 Å². The van der Waals surface area contributed by atoms with Gasteiger partial charge in [0.15, 0.2) is 5.94 Å². The molecule has 1 aromatic rings. The van der Waals surface area contributed by atoms with Gasteiger partial charge in [-0.25, -0.2) is 0 Å². The average molecular weight is 263 g/mol. The van der Waals surface area contributed by atoms with Crippen molar-refractivity contribution in [1.82, 2.24) is 0 Å². The molecular weight excluding hydrogens is 251 g/mol. The van der Waals surface area contributed by atoms with Gasteiger partial charge >= 0.3 is 8.25 Å². The normalized spacial score (nSPS) is 13.2. The highest BCUT2D eigenvalue weighted by Crippen LogP contribution is 2.16. The molecule has 0 aliphatic rings. The number of hydrogen-bond acceptors (Lipinski definition) is 4. The number of ether oxygens (including phenoxy) is 1.